The van der Waals surface area contributed by atoms with Crippen molar-refractivity contribution in [1.29, 1.82) is 0 Å². The van der Waals surface area contributed by atoms with Crippen molar-refractivity contribution < 1.29 is 9.53 Å². The molecule has 0 bridgehead atoms. The molecule has 4 rings (SSSR count). The topological polar surface area (TPSA) is 57.4 Å². The fourth-order valence-electron chi connectivity index (χ4n) is 3.45. The Morgan fingerprint density at radius 2 is 2.12 bits per heavy atom. The highest BCUT2D eigenvalue weighted by Crippen LogP contribution is 2.30. The van der Waals surface area contributed by atoms with Gasteiger partial charge in [0, 0.05) is 28.8 Å². The lowest BCUT2D eigenvalue weighted by Crippen LogP contribution is -2.38. The molecule has 1 aliphatic heterocycles. The number of amides is 2. The highest BCUT2D eigenvalue weighted by molar-refractivity contribution is 5.91. The summed E-state index contributed by atoms with van der Waals surface area (Å²) in [5.41, 5.74) is 5.44. The van der Waals surface area contributed by atoms with Gasteiger partial charge in [-0.1, -0.05) is 12.1 Å². The van der Waals surface area contributed by atoms with Crippen LogP contribution in [0.4, 0.5) is 10.5 Å². The van der Waals surface area contributed by atoms with E-state index in [0.29, 0.717) is 13.1 Å². The number of aromatic nitrogens is 1. The number of hydrogen-bond acceptors (Lipinski definition) is 2. The summed E-state index contributed by atoms with van der Waals surface area (Å²) in [4.78, 5) is 17.9. The molecule has 0 saturated carbocycles. The van der Waals surface area contributed by atoms with Crippen molar-refractivity contribution in [3.63, 3.8) is 0 Å². The Morgan fingerprint density at radius 1 is 1.24 bits per heavy atom. The Hall–Kier alpha value is -2.95. The van der Waals surface area contributed by atoms with Crippen molar-refractivity contribution in [2.45, 2.75) is 19.9 Å². The van der Waals surface area contributed by atoms with E-state index < -0.39 is 0 Å². The Morgan fingerprint density at radius 3 is 2.92 bits per heavy atom. The van der Waals surface area contributed by atoms with Gasteiger partial charge in [-0.2, -0.15) is 0 Å². The van der Waals surface area contributed by atoms with Crippen LogP contribution in [-0.2, 0) is 13.0 Å². The molecule has 0 atom stereocenters. The van der Waals surface area contributed by atoms with Gasteiger partial charge in [-0.15, -0.1) is 0 Å². The number of nitrogens with one attached hydrogen (secondary N) is 2. The average Bonchev–Trinajstić information content (AvgIpc) is 2.98. The molecule has 2 amide bonds. The van der Waals surface area contributed by atoms with Crippen LogP contribution in [0.25, 0.3) is 10.9 Å². The van der Waals surface area contributed by atoms with Crippen molar-refractivity contribution in [2.75, 3.05) is 19.0 Å². The molecule has 0 radical (unpaired) electrons. The molecule has 2 aromatic carbocycles. The zero-order valence-corrected chi connectivity index (χ0v) is 14.4. The van der Waals surface area contributed by atoms with Gasteiger partial charge >= 0.3 is 6.03 Å². The minimum atomic E-state index is -0.0625. The lowest BCUT2D eigenvalue weighted by Gasteiger charge is -2.27. The lowest BCUT2D eigenvalue weighted by atomic mass is 10.0. The predicted molar refractivity (Wildman–Crippen MR) is 99.2 cm³/mol. The van der Waals surface area contributed by atoms with Crippen molar-refractivity contribution in [2.24, 2.45) is 0 Å². The summed E-state index contributed by atoms with van der Waals surface area (Å²) in [6.07, 6.45) is 0.837. The number of anilines is 1. The Bertz CT molecular complexity index is 945. The highest BCUT2D eigenvalue weighted by atomic mass is 16.5. The summed E-state index contributed by atoms with van der Waals surface area (Å²) < 4.78 is 5.33. The molecule has 25 heavy (non-hydrogen) atoms. The standard InChI is InChI=1S/C20H21N3O2/c1-13-4-3-5-14(10-13)21-20(24)23-9-8-16-17-11-15(25-2)6-7-18(17)22-19(16)12-23/h3-7,10-11,22H,8-9,12H2,1-2H3,(H,21,24). The first kappa shape index (κ1) is 15.6. The molecule has 1 aromatic heterocycles. The van der Waals surface area contributed by atoms with E-state index in [0.717, 1.165) is 34.6 Å². The summed E-state index contributed by atoms with van der Waals surface area (Å²) in [7, 11) is 1.68. The molecule has 2 N–H and O–H groups in total. The normalized spacial score (nSPS) is 13.6. The third-order valence-corrected chi connectivity index (χ3v) is 4.74. The largest absolute Gasteiger partial charge is 0.497 e. The Labute approximate surface area is 146 Å². The van der Waals surface area contributed by atoms with Crippen LogP contribution in [0.3, 0.4) is 0 Å². The molecule has 3 aromatic rings. The summed E-state index contributed by atoms with van der Waals surface area (Å²) in [6, 6.07) is 13.8. The average molecular weight is 335 g/mol. The van der Waals surface area contributed by atoms with Crippen molar-refractivity contribution in [3.05, 3.63) is 59.3 Å². The molecule has 0 unspecified atom stereocenters. The van der Waals surface area contributed by atoms with Gasteiger partial charge in [0.1, 0.15) is 5.75 Å². The molecule has 1 aliphatic rings. The zero-order valence-electron chi connectivity index (χ0n) is 14.4. The molecular weight excluding hydrogens is 314 g/mol. The number of H-pyrrole nitrogens is 1. The summed E-state index contributed by atoms with van der Waals surface area (Å²) in [6.45, 7) is 3.31. The number of fused-ring (bicyclic) bond motifs is 3. The summed E-state index contributed by atoms with van der Waals surface area (Å²) >= 11 is 0. The molecule has 0 saturated heterocycles. The maximum atomic E-state index is 12.6. The number of aromatic amines is 1. The van der Waals surface area contributed by atoms with E-state index in [4.69, 9.17) is 4.74 Å². The van der Waals surface area contributed by atoms with Crippen LogP contribution in [0, 0.1) is 6.92 Å². The molecule has 0 fully saturated rings. The number of carbonyl (C=O) groups is 1. The van der Waals surface area contributed by atoms with Gasteiger partial charge in [0.2, 0.25) is 0 Å². The molecular formula is C20H21N3O2. The fraction of sp³-hybridized carbons (Fsp3) is 0.250. The van der Waals surface area contributed by atoms with E-state index in [9.17, 15) is 4.79 Å². The second-order valence-electron chi connectivity index (χ2n) is 6.46. The zero-order chi connectivity index (χ0) is 17.4. The number of ether oxygens (including phenoxy) is 1. The van der Waals surface area contributed by atoms with Gasteiger partial charge < -0.3 is 19.9 Å². The molecule has 0 spiro atoms. The number of hydrogen-bond donors (Lipinski definition) is 2. The van der Waals surface area contributed by atoms with Crippen LogP contribution >= 0.6 is 0 Å². The summed E-state index contributed by atoms with van der Waals surface area (Å²) in [5.74, 6) is 0.855. The van der Waals surface area contributed by atoms with Gasteiger partial charge in [-0.3, -0.25) is 0 Å². The number of methoxy groups -OCH3 is 1. The van der Waals surface area contributed by atoms with Gasteiger partial charge in [0.05, 0.1) is 13.7 Å². The van der Waals surface area contributed by atoms with E-state index in [-0.39, 0.29) is 6.03 Å². The van der Waals surface area contributed by atoms with Gasteiger partial charge in [-0.25, -0.2) is 4.79 Å². The number of urea groups is 1. The third-order valence-electron chi connectivity index (χ3n) is 4.74. The van der Waals surface area contributed by atoms with Crippen LogP contribution in [0.1, 0.15) is 16.8 Å². The predicted octanol–water partition coefficient (Wildman–Crippen LogP) is 4.08. The smallest absolute Gasteiger partial charge is 0.322 e. The number of carbonyl (C=O) groups excluding carboxylic acids is 1. The number of rotatable bonds is 2. The lowest BCUT2D eigenvalue weighted by molar-refractivity contribution is 0.206. The van der Waals surface area contributed by atoms with Crippen molar-refractivity contribution >= 4 is 22.6 Å². The van der Waals surface area contributed by atoms with E-state index in [1.807, 2.05) is 48.2 Å². The first-order valence-corrected chi connectivity index (χ1v) is 8.44. The van der Waals surface area contributed by atoms with Crippen LogP contribution in [0.2, 0.25) is 0 Å². The summed E-state index contributed by atoms with van der Waals surface area (Å²) in [5, 5.41) is 4.18. The van der Waals surface area contributed by atoms with Gasteiger partial charge in [-0.05, 0) is 54.8 Å². The fourth-order valence-corrected chi connectivity index (χ4v) is 3.45. The van der Waals surface area contributed by atoms with Crippen LogP contribution in [-0.4, -0.2) is 29.6 Å². The first-order valence-electron chi connectivity index (χ1n) is 8.44. The molecule has 5 heteroatoms. The van der Waals surface area contributed by atoms with Crippen LogP contribution in [0.5, 0.6) is 5.75 Å². The second kappa shape index (κ2) is 6.16. The number of aryl methyl sites for hydroxylation is 1. The third kappa shape index (κ3) is 2.93. The monoisotopic (exact) mass is 335 g/mol. The molecule has 5 nitrogen and oxygen atoms in total. The number of benzene rings is 2. The van der Waals surface area contributed by atoms with Crippen molar-refractivity contribution in [1.82, 2.24) is 9.88 Å². The number of nitrogens with zero attached hydrogens (tertiary/aromatic N) is 1. The minimum Gasteiger partial charge on any atom is -0.497 e. The quantitative estimate of drug-likeness (QED) is 0.741. The molecule has 128 valence electrons. The van der Waals surface area contributed by atoms with Crippen LogP contribution in [0.15, 0.2) is 42.5 Å². The second-order valence-corrected chi connectivity index (χ2v) is 6.46. The maximum Gasteiger partial charge on any atom is 0.322 e. The van der Waals surface area contributed by atoms with Gasteiger partial charge in [0.25, 0.3) is 0 Å². The van der Waals surface area contributed by atoms with E-state index in [2.05, 4.69) is 16.4 Å². The Balaban J connectivity index is 1.55. The SMILES string of the molecule is COc1ccc2[nH]c3c(c2c1)CCN(C(=O)Nc1cccc(C)c1)C3. The van der Waals surface area contributed by atoms with Crippen LogP contribution < -0.4 is 10.1 Å². The van der Waals surface area contributed by atoms with E-state index in [1.54, 1.807) is 7.11 Å². The molecule has 2 heterocycles. The van der Waals surface area contributed by atoms with E-state index >= 15 is 0 Å². The van der Waals surface area contributed by atoms with Gasteiger partial charge in [0.15, 0.2) is 0 Å². The highest BCUT2D eigenvalue weighted by Gasteiger charge is 2.24. The van der Waals surface area contributed by atoms with Crippen molar-refractivity contribution in [3.8, 4) is 5.75 Å². The maximum absolute atomic E-state index is 12.6. The van der Waals surface area contributed by atoms with E-state index in [1.165, 1.54) is 10.9 Å². The molecule has 0 aliphatic carbocycles. The minimum absolute atomic E-state index is 0.0625. The first-order chi connectivity index (χ1) is 12.1. The Kier molecular flexibility index (Phi) is 3.84.